The molecule has 0 radical (unpaired) electrons. The summed E-state index contributed by atoms with van der Waals surface area (Å²) in [4.78, 5) is 24.2. The molecule has 1 aromatic heterocycles. The molecule has 2 aromatic carbocycles. The molecule has 168 valence electrons. The Morgan fingerprint density at radius 2 is 1.85 bits per heavy atom. The molecule has 0 aliphatic carbocycles. The number of ether oxygens (including phenoxy) is 1. The van der Waals surface area contributed by atoms with Crippen molar-refractivity contribution < 1.29 is 19.4 Å². The molecule has 0 bridgehead atoms. The molecule has 0 aliphatic rings. The molecular formula is C26H25N3O4. The van der Waals surface area contributed by atoms with Gasteiger partial charge in [0, 0.05) is 23.6 Å². The van der Waals surface area contributed by atoms with Crippen LogP contribution in [-0.2, 0) is 11.3 Å². The highest BCUT2D eigenvalue weighted by molar-refractivity contribution is 6.01. The second kappa shape index (κ2) is 9.88. The van der Waals surface area contributed by atoms with Gasteiger partial charge in [0.25, 0.3) is 5.91 Å². The monoisotopic (exact) mass is 443 g/mol. The van der Waals surface area contributed by atoms with E-state index in [1.807, 2.05) is 48.7 Å². The van der Waals surface area contributed by atoms with Gasteiger partial charge in [0.2, 0.25) is 0 Å². The van der Waals surface area contributed by atoms with Crippen molar-refractivity contribution in [1.29, 1.82) is 5.26 Å². The minimum Gasteiger partial charge on any atom is -0.497 e. The highest BCUT2D eigenvalue weighted by Gasteiger charge is 2.17. The zero-order valence-electron chi connectivity index (χ0n) is 19.0. The predicted molar refractivity (Wildman–Crippen MR) is 125 cm³/mol. The van der Waals surface area contributed by atoms with Crippen LogP contribution >= 0.6 is 0 Å². The number of nitrogens with zero attached hydrogens (tertiary/aromatic N) is 2. The highest BCUT2D eigenvalue weighted by atomic mass is 16.5. The van der Waals surface area contributed by atoms with Gasteiger partial charge < -0.3 is 19.7 Å². The molecule has 0 saturated heterocycles. The molecule has 3 rings (SSSR count). The van der Waals surface area contributed by atoms with Crippen LogP contribution in [0.1, 0.15) is 38.4 Å². The van der Waals surface area contributed by atoms with Crippen LogP contribution in [0.4, 0.5) is 0 Å². The molecule has 3 aromatic rings. The Labute approximate surface area is 192 Å². The van der Waals surface area contributed by atoms with Crippen LogP contribution in [0.2, 0.25) is 0 Å². The lowest BCUT2D eigenvalue weighted by molar-refractivity contribution is -0.117. The van der Waals surface area contributed by atoms with Gasteiger partial charge in [-0.05, 0) is 73.9 Å². The first kappa shape index (κ1) is 23.4. The summed E-state index contributed by atoms with van der Waals surface area (Å²) >= 11 is 0. The number of carbonyl (C=O) groups excluding carboxylic acids is 1. The summed E-state index contributed by atoms with van der Waals surface area (Å²) in [5.41, 5.74) is 4.85. The van der Waals surface area contributed by atoms with E-state index in [0.717, 1.165) is 28.4 Å². The van der Waals surface area contributed by atoms with Gasteiger partial charge in [-0.3, -0.25) is 4.79 Å². The molecule has 0 aliphatic heterocycles. The summed E-state index contributed by atoms with van der Waals surface area (Å²) in [6, 6.07) is 16.3. The van der Waals surface area contributed by atoms with Gasteiger partial charge in [-0.1, -0.05) is 18.2 Å². The van der Waals surface area contributed by atoms with Crippen LogP contribution in [0.15, 0.2) is 54.1 Å². The third kappa shape index (κ3) is 4.96. The molecule has 7 heteroatoms. The van der Waals surface area contributed by atoms with E-state index in [4.69, 9.17) is 4.74 Å². The molecule has 1 amide bonds. The normalized spacial score (nSPS) is 11.1. The van der Waals surface area contributed by atoms with Crippen molar-refractivity contribution in [2.75, 3.05) is 7.11 Å². The number of aryl methyl sites for hydroxylation is 1. The van der Waals surface area contributed by atoms with Crippen molar-refractivity contribution in [2.24, 2.45) is 0 Å². The molecule has 0 fully saturated rings. The van der Waals surface area contributed by atoms with Gasteiger partial charge in [0.05, 0.1) is 12.7 Å². The highest BCUT2D eigenvalue weighted by Crippen LogP contribution is 2.26. The standard InChI is InChI=1S/C26H25N3O4/c1-16-12-20(18(3)29(16)24-7-5-6-23(17(24)2)26(31)32)13-21(14-27)25(30)28-15-19-8-10-22(33-4)11-9-19/h5-13H,15H2,1-4H3,(H,28,30)(H,31,32)/b21-13-. The fourth-order valence-corrected chi connectivity index (χ4v) is 3.73. The van der Waals surface area contributed by atoms with E-state index < -0.39 is 11.9 Å². The Kier molecular flexibility index (Phi) is 6.99. The Hall–Kier alpha value is -4.31. The fraction of sp³-hybridized carbons (Fsp3) is 0.192. The zero-order chi connectivity index (χ0) is 24.1. The van der Waals surface area contributed by atoms with Crippen LogP contribution in [0.5, 0.6) is 5.75 Å². The molecule has 1 heterocycles. The summed E-state index contributed by atoms with van der Waals surface area (Å²) in [5.74, 6) is -0.735. The second-order valence-corrected chi connectivity index (χ2v) is 7.62. The van der Waals surface area contributed by atoms with Gasteiger partial charge in [-0.25, -0.2) is 4.79 Å². The quantitative estimate of drug-likeness (QED) is 0.418. The number of benzene rings is 2. The third-order valence-electron chi connectivity index (χ3n) is 5.52. The van der Waals surface area contributed by atoms with Crippen molar-refractivity contribution in [2.45, 2.75) is 27.3 Å². The number of carbonyl (C=O) groups is 2. The van der Waals surface area contributed by atoms with E-state index in [0.29, 0.717) is 11.1 Å². The molecule has 0 unspecified atom stereocenters. The molecular weight excluding hydrogens is 418 g/mol. The summed E-state index contributed by atoms with van der Waals surface area (Å²) in [6.07, 6.45) is 1.55. The third-order valence-corrected chi connectivity index (χ3v) is 5.52. The lowest BCUT2D eigenvalue weighted by Crippen LogP contribution is -2.23. The van der Waals surface area contributed by atoms with Crippen LogP contribution < -0.4 is 10.1 Å². The minimum absolute atomic E-state index is 0.0141. The number of amides is 1. The Morgan fingerprint density at radius 1 is 1.15 bits per heavy atom. The summed E-state index contributed by atoms with van der Waals surface area (Å²) in [7, 11) is 1.59. The Balaban J connectivity index is 1.88. The first-order chi connectivity index (χ1) is 15.8. The number of carboxylic acids is 1. The lowest BCUT2D eigenvalue weighted by Gasteiger charge is -2.14. The average molecular weight is 444 g/mol. The summed E-state index contributed by atoms with van der Waals surface area (Å²) < 4.78 is 7.05. The van der Waals surface area contributed by atoms with Crippen LogP contribution in [0.25, 0.3) is 11.8 Å². The van der Waals surface area contributed by atoms with E-state index in [2.05, 4.69) is 5.32 Å². The van der Waals surface area contributed by atoms with E-state index >= 15 is 0 Å². The van der Waals surface area contributed by atoms with Gasteiger partial charge in [-0.15, -0.1) is 0 Å². The molecule has 0 spiro atoms. The molecule has 33 heavy (non-hydrogen) atoms. The first-order valence-corrected chi connectivity index (χ1v) is 10.3. The van der Waals surface area contributed by atoms with Gasteiger partial charge in [0.1, 0.15) is 17.4 Å². The second-order valence-electron chi connectivity index (χ2n) is 7.62. The number of hydrogen-bond acceptors (Lipinski definition) is 4. The fourth-order valence-electron chi connectivity index (χ4n) is 3.73. The van der Waals surface area contributed by atoms with Gasteiger partial charge in [0.15, 0.2) is 0 Å². The van der Waals surface area contributed by atoms with Gasteiger partial charge in [-0.2, -0.15) is 5.26 Å². The van der Waals surface area contributed by atoms with E-state index in [-0.39, 0.29) is 17.7 Å². The van der Waals surface area contributed by atoms with Crippen molar-refractivity contribution >= 4 is 18.0 Å². The number of carboxylic acid groups (broad SMARTS) is 1. The number of rotatable bonds is 7. The largest absolute Gasteiger partial charge is 0.497 e. The topological polar surface area (TPSA) is 104 Å². The number of nitriles is 1. The Bertz CT molecular complexity index is 1280. The van der Waals surface area contributed by atoms with E-state index in [9.17, 15) is 20.0 Å². The average Bonchev–Trinajstić information content (AvgIpc) is 3.08. The van der Waals surface area contributed by atoms with Crippen LogP contribution in [-0.4, -0.2) is 28.7 Å². The number of aromatic nitrogens is 1. The van der Waals surface area contributed by atoms with E-state index in [1.54, 1.807) is 44.4 Å². The van der Waals surface area contributed by atoms with Crippen molar-refractivity contribution in [1.82, 2.24) is 9.88 Å². The van der Waals surface area contributed by atoms with Crippen LogP contribution in [0, 0.1) is 32.1 Å². The van der Waals surface area contributed by atoms with Gasteiger partial charge >= 0.3 is 5.97 Å². The minimum atomic E-state index is -0.989. The van der Waals surface area contributed by atoms with Crippen molar-refractivity contribution in [3.8, 4) is 17.5 Å². The molecule has 0 saturated carbocycles. The predicted octanol–water partition coefficient (Wildman–Crippen LogP) is 4.33. The first-order valence-electron chi connectivity index (χ1n) is 10.3. The maximum atomic E-state index is 12.6. The SMILES string of the molecule is COc1ccc(CNC(=O)/C(C#N)=C\c2cc(C)n(-c3cccc(C(=O)O)c3C)c2C)cc1. The van der Waals surface area contributed by atoms with Crippen molar-refractivity contribution in [3.05, 3.63) is 87.7 Å². The number of methoxy groups -OCH3 is 1. The molecule has 2 N–H and O–H groups in total. The lowest BCUT2D eigenvalue weighted by atomic mass is 10.1. The molecule has 7 nitrogen and oxygen atoms in total. The maximum Gasteiger partial charge on any atom is 0.336 e. The molecule has 0 atom stereocenters. The summed E-state index contributed by atoms with van der Waals surface area (Å²) in [6.45, 7) is 5.81. The number of hydrogen-bond donors (Lipinski definition) is 2. The maximum absolute atomic E-state index is 12.6. The zero-order valence-corrected chi connectivity index (χ0v) is 19.0. The van der Waals surface area contributed by atoms with Crippen molar-refractivity contribution in [3.63, 3.8) is 0 Å². The number of nitrogens with one attached hydrogen (secondary N) is 1. The number of aromatic carboxylic acids is 1. The van der Waals surface area contributed by atoms with Crippen LogP contribution in [0.3, 0.4) is 0 Å². The summed E-state index contributed by atoms with van der Waals surface area (Å²) in [5, 5.41) is 21.8. The van der Waals surface area contributed by atoms with E-state index in [1.165, 1.54) is 0 Å². The Morgan fingerprint density at radius 3 is 2.45 bits per heavy atom. The smallest absolute Gasteiger partial charge is 0.336 e.